The number of nitro groups is 1. The first-order valence-corrected chi connectivity index (χ1v) is 11.9. The van der Waals surface area contributed by atoms with Gasteiger partial charge in [-0.1, -0.05) is 49.0 Å². The summed E-state index contributed by atoms with van der Waals surface area (Å²) in [7, 11) is 0. The molecule has 8 nitrogen and oxygen atoms in total. The zero-order chi connectivity index (χ0) is 27.6. The minimum atomic E-state index is -0.759. The third-order valence-electron chi connectivity index (χ3n) is 6.83. The van der Waals surface area contributed by atoms with Gasteiger partial charge in [-0.05, 0) is 56.2 Å². The standard InChI is InChI=1S/C14H17NO4.C14H19NO2.CH4/c1-13(2,3)8-6-9-11(7-10(8)15(17)18)19-12(16)14(9,4)5;1-13(2,3)8-6-9-11(7-10(8)15)17-12(16)14(9,4)5;/h6-7H,1-5H3;6-7H,15H2,1-5H3;1H4. The van der Waals surface area contributed by atoms with Crippen molar-refractivity contribution in [1.29, 1.82) is 0 Å². The van der Waals surface area contributed by atoms with Crippen molar-refractivity contribution < 1.29 is 24.0 Å². The first-order valence-electron chi connectivity index (χ1n) is 11.9. The zero-order valence-electron chi connectivity index (χ0n) is 22.8. The molecule has 0 amide bonds. The number of ether oxygens (including phenoxy) is 2. The Hall–Kier alpha value is -3.42. The molecule has 0 saturated heterocycles. The lowest BCUT2D eigenvalue weighted by molar-refractivity contribution is -0.386. The minimum absolute atomic E-state index is 0. The lowest BCUT2D eigenvalue weighted by Gasteiger charge is -2.23. The highest BCUT2D eigenvalue weighted by Crippen LogP contribution is 2.46. The third kappa shape index (κ3) is 5.20. The number of anilines is 1. The molecule has 0 aromatic heterocycles. The summed E-state index contributed by atoms with van der Waals surface area (Å²) in [6.45, 7) is 19.3. The van der Waals surface area contributed by atoms with E-state index in [0.717, 1.165) is 11.1 Å². The summed E-state index contributed by atoms with van der Waals surface area (Å²) in [5.41, 5.74) is 8.26. The van der Waals surface area contributed by atoms with Crippen LogP contribution in [0.2, 0.25) is 0 Å². The van der Waals surface area contributed by atoms with Gasteiger partial charge in [-0.25, -0.2) is 0 Å². The average Bonchev–Trinajstić information content (AvgIpc) is 3.06. The van der Waals surface area contributed by atoms with Gasteiger partial charge in [0.1, 0.15) is 11.5 Å². The van der Waals surface area contributed by atoms with Crippen molar-refractivity contribution in [3.63, 3.8) is 0 Å². The number of nitrogens with zero attached hydrogens (tertiary/aromatic N) is 1. The average molecular weight is 513 g/mol. The monoisotopic (exact) mass is 512 g/mol. The van der Waals surface area contributed by atoms with E-state index in [1.165, 1.54) is 6.07 Å². The van der Waals surface area contributed by atoms with Crippen molar-refractivity contribution in [3.05, 3.63) is 56.6 Å². The van der Waals surface area contributed by atoms with Crippen molar-refractivity contribution in [3.8, 4) is 11.5 Å². The van der Waals surface area contributed by atoms with E-state index in [1.807, 2.05) is 40.7 Å². The number of nitro benzene ring substituents is 1. The van der Waals surface area contributed by atoms with E-state index in [-0.39, 0.29) is 35.9 Å². The van der Waals surface area contributed by atoms with Crippen LogP contribution in [0.1, 0.15) is 98.9 Å². The predicted octanol–water partition coefficient (Wildman–Crippen LogP) is 6.49. The van der Waals surface area contributed by atoms with E-state index in [9.17, 15) is 19.7 Å². The molecule has 0 fully saturated rings. The second kappa shape index (κ2) is 9.15. The van der Waals surface area contributed by atoms with Crippen LogP contribution in [0.25, 0.3) is 0 Å². The molecule has 0 radical (unpaired) electrons. The van der Waals surface area contributed by atoms with E-state index < -0.39 is 15.8 Å². The number of benzene rings is 2. The fourth-order valence-corrected chi connectivity index (χ4v) is 4.39. The molecule has 0 unspecified atom stereocenters. The van der Waals surface area contributed by atoms with Crippen molar-refractivity contribution in [2.75, 3.05) is 5.73 Å². The van der Waals surface area contributed by atoms with Crippen LogP contribution in [0.5, 0.6) is 11.5 Å². The van der Waals surface area contributed by atoms with Crippen LogP contribution in [0.4, 0.5) is 11.4 Å². The highest BCUT2D eigenvalue weighted by atomic mass is 16.6. The molecule has 8 heteroatoms. The molecule has 0 saturated carbocycles. The summed E-state index contributed by atoms with van der Waals surface area (Å²) in [5.74, 6) is 0.320. The molecule has 0 atom stereocenters. The molecule has 4 rings (SSSR count). The van der Waals surface area contributed by atoms with Gasteiger partial charge in [0.15, 0.2) is 0 Å². The van der Waals surface area contributed by atoms with Crippen LogP contribution in [0.15, 0.2) is 24.3 Å². The zero-order valence-corrected chi connectivity index (χ0v) is 22.8. The van der Waals surface area contributed by atoms with Crippen molar-refractivity contribution in [2.45, 2.75) is 98.3 Å². The lowest BCUT2D eigenvalue weighted by atomic mass is 9.79. The normalized spacial score (nSPS) is 16.9. The van der Waals surface area contributed by atoms with Crippen LogP contribution < -0.4 is 15.2 Å². The highest BCUT2D eigenvalue weighted by molar-refractivity contribution is 5.91. The second-order valence-electron chi connectivity index (χ2n) is 12.6. The van der Waals surface area contributed by atoms with Gasteiger partial charge in [0.2, 0.25) is 0 Å². The number of fused-ring (bicyclic) bond motifs is 2. The Balaban J connectivity index is 0.000000255. The molecule has 202 valence electrons. The van der Waals surface area contributed by atoms with Gasteiger partial charge in [-0.15, -0.1) is 0 Å². The van der Waals surface area contributed by atoms with E-state index >= 15 is 0 Å². The molecule has 0 aliphatic carbocycles. The van der Waals surface area contributed by atoms with Crippen LogP contribution >= 0.6 is 0 Å². The Kier molecular flexibility index (Phi) is 7.37. The van der Waals surface area contributed by atoms with Crippen LogP contribution in [0.3, 0.4) is 0 Å². The molecule has 2 N–H and O–H groups in total. The molecule has 2 aromatic carbocycles. The molecule has 0 bridgehead atoms. The fraction of sp³-hybridized carbons (Fsp3) is 0.517. The minimum Gasteiger partial charge on any atom is -0.425 e. The first-order chi connectivity index (χ1) is 16.2. The van der Waals surface area contributed by atoms with E-state index in [1.54, 1.807) is 26.0 Å². The van der Waals surface area contributed by atoms with E-state index in [0.29, 0.717) is 28.3 Å². The summed E-state index contributed by atoms with van der Waals surface area (Å²) < 4.78 is 10.4. The number of nitrogen functional groups attached to an aromatic ring is 1. The molecular weight excluding hydrogens is 472 g/mol. The summed E-state index contributed by atoms with van der Waals surface area (Å²) in [4.78, 5) is 34.3. The number of carbonyl (C=O) groups excluding carboxylic acids is 2. The maximum Gasteiger partial charge on any atom is 0.321 e. The largest absolute Gasteiger partial charge is 0.425 e. The maximum absolute atomic E-state index is 11.8. The Morgan fingerprint density at radius 2 is 1.14 bits per heavy atom. The van der Waals surface area contributed by atoms with Crippen molar-refractivity contribution in [2.24, 2.45) is 0 Å². The summed E-state index contributed by atoms with van der Waals surface area (Å²) in [5, 5.41) is 11.2. The molecule has 2 heterocycles. The number of nitrogens with two attached hydrogens (primary N) is 1. The Labute approximate surface area is 219 Å². The molecule has 2 aliphatic rings. The Morgan fingerprint density at radius 1 is 0.757 bits per heavy atom. The van der Waals surface area contributed by atoms with Crippen LogP contribution in [0, 0.1) is 10.1 Å². The summed E-state index contributed by atoms with van der Waals surface area (Å²) >= 11 is 0. The smallest absolute Gasteiger partial charge is 0.321 e. The number of hydrogen-bond acceptors (Lipinski definition) is 7. The molecule has 2 aliphatic heterocycles. The van der Waals surface area contributed by atoms with Gasteiger partial charge >= 0.3 is 11.9 Å². The van der Waals surface area contributed by atoms with Gasteiger partial charge in [-0.2, -0.15) is 0 Å². The van der Waals surface area contributed by atoms with E-state index in [4.69, 9.17) is 15.2 Å². The molecule has 0 spiro atoms. The number of carbonyl (C=O) groups is 2. The van der Waals surface area contributed by atoms with Crippen molar-refractivity contribution >= 4 is 23.3 Å². The Bertz CT molecular complexity index is 1280. The van der Waals surface area contributed by atoms with Gasteiger partial charge < -0.3 is 15.2 Å². The Morgan fingerprint density at radius 3 is 1.51 bits per heavy atom. The summed E-state index contributed by atoms with van der Waals surface area (Å²) in [6, 6.07) is 6.87. The van der Waals surface area contributed by atoms with Gasteiger partial charge in [-0.3, -0.25) is 19.7 Å². The highest BCUT2D eigenvalue weighted by Gasteiger charge is 2.44. The fourth-order valence-electron chi connectivity index (χ4n) is 4.39. The first kappa shape index (κ1) is 29.8. The van der Waals surface area contributed by atoms with Gasteiger partial charge in [0.05, 0.1) is 21.8 Å². The lowest BCUT2D eigenvalue weighted by Crippen LogP contribution is -2.26. The SMILES string of the molecule is C.CC(C)(C)c1cc2c(cc1N)OC(=O)C2(C)C.CC(C)(C)c1cc2c(cc1[N+](=O)[O-])OC(=O)C2(C)C. The molecular formula is C29H40N2O6. The maximum atomic E-state index is 11.8. The molecule has 2 aromatic rings. The molecule has 37 heavy (non-hydrogen) atoms. The third-order valence-corrected chi connectivity index (χ3v) is 6.83. The quantitative estimate of drug-likeness (QED) is 0.152. The number of hydrogen-bond donors (Lipinski definition) is 1. The van der Waals surface area contributed by atoms with Gasteiger partial charge in [0, 0.05) is 28.4 Å². The number of esters is 2. The topological polar surface area (TPSA) is 122 Å². The van der Waals surface area contributed by atoms with Gasteiger partial charge in [0.25, 0.3) is 5.69 Å². The van der Waals surface area contributed by atoms with E-state index in [2.05, 4.69) is 20.8 Å². The summed E-state index contributed by atoms with van der Waals surface area (Å²) in [6.07, 6.45) is 0. The van der Waals surface area contributed by atoms with Crippen LogP contribution in [-0.4, -0.2) is 16.9 Å². The van der Waals surface area contributed by atoms with Crippen molar-refractivity contribution in [1.82, 2.24) is 0 Å². The second-order valence-corrected chi connectivity index (χ2v) is 12.6. The van der Waals surface area contributed by atoms with Crippen LogP contribution in [-0.2, 0) is 31.2 Å². The predicted molar refractivity (Wildman–Crippen MR) is 145 cm³/mol. The number of rotatable bonds is 1.